The van der Waals surface area contributed by atoms with Crippen molar-refractivity contribution in [2.75, 3.05) is 0 Å². The number of ether oxygens (including phenoxy) is 2. The molecule has 8 nitrogen and oxygen atoms in total. The summed E-state index contributed by atoms with van der Waals surface area (Å²) in [5.74, 6) is -0.997. The van der Waals surface area contributed by atoms with E-state index >= 15 is 0 Å². The van der Waals surface area contributed by atoms with E-state index in [0.29, 0.717) is 12.8 Å². The summed E-state index contributed by atoms with van der Waals surface area (Å²) in [6, 6.07) is 8.93. The predicted octanol–water partition coefficient (Wildman–Crippen LogP) is 3.69. The largest absolute Gasteiger partial charge is 0.481 e. The minimum atomic E-state index is -0.997. The van der Waals surface area contributed by atoms with Gasteiger partial charge in [0.05, 0.1) is 12.0 Å². The first-order valence-electron chi connectivity index (χ1n) is 10.3. The molecular weight excluding hydrogens is 388 g/mol. The Labute approximate surface area is 176 Å². The van der Waals surface area contributed by atoms with Gasteiger partial charge in [0.25, 0.3) is 0 Å². The van der Waals surface area contributed by atoms with Gasteiger partial charge in [-0.25, -0.2) is 9.59 Å². The van der Waals surface area contributed by atoms with E-state index in [1.807, 2.05) is 51.1 Å². The summed E-state index contributed by atoms with van der Waals surface area (Å²) in [7, 11) is 0. The minimum absolute atomic E-state index is 0.104. The number of aliphatic carboxylic acids is 1. The van der Waals surface area contributed by atoms with Crippen molar-refractivity contribution in [3.8, 4) is 0 Å². The molecule has 2 bridgehead atoms. The zero-order chi connectivity index (χ0) is 21.9. The molecule has 2 saturated heterocycles. The van der Waals surface area contributed by atoms with E-state index in [2.05, 4.69) is 5.32 Å². The van der Waals surface area contributed by atoms with Crippen LogP contribution in [0.2, 0.25) is 0 Å². The smallest absolute Gasteiger partial charge is 0.410 e. The third kappa shape index (κ3) is 5.43. The van der Waals surface area contributed by atoms with Crippen molar-refractivity contribution >= 4 is 18.2 Å². The van der Waals surface area contributed by atoms with Crippen molar-refractivity contribution in [3.63, 3.8) is 0 Å². The number of carboxylic acids is 1. The molecule has 2 unspecified atom stereocenters. The van der Waals surface area contributed by atoms with Crippen LogP contribution in [0, 0.1) is 0 Å². The molecule has 2 aliphatic rings. The van der Waals surface area contributed by atoms with Crippen LogP contribution in [-0.2, 0) is 20.9 Å². The molecule has 2 heterocycles. The van der Waals surface area contributed by atoms with E-state index in [9.17, 15) is 19.5 Å². The molecule has 1 aromatic rings. The second kappa shape index (κ2) is 8.53. The number of hydrogen-bond acceptors (Lipinski definition) is 5. The van der Waals surface area contributed by atoms with Gasteiger partial charge in [-0.1, -0.05) is 30.3 Å². The monoisotopic (exact) mass is 418 g/mol. The first kappa shape index (κ1) is 21.9. The Morgan fingerprint density at radius 2 is 1.73 bits per heavy atom. The molecule has 2 N–H and O–H groups in total. The number of alkyl carbamates (subject to hydrolysis) is 1. The zero-order valence-electron chi connectivity index (χ0n) is 17.7. The standard InChI is InChI=1S/C22H30N2O6/c1-21(2,3)30-20(28)24-16-9-10-17(24)12-22(11-16,13-18(25)26)23-19(27)29-14-15-7-5-4-6-8-15/h4-8,16-17H,9-14H2,1-3H3,(H,23,27)(H,25,26). The van der Waals surface area contributed by atoms with Crippen LogP contribution >= 0.6 is 0 Å². The number of piperidine rings is 1. The molecule has 1 aromatic carbocycles. The highest BCUT2D eigenvalue weighted by Gasteiger charge is 2.52. The molecule has 0 aliphatic carbocycles. The number of nitrogens with zero attached hydrogens (tertiary/aromatic N) is 1. The molecular formula is C22H30N2O6. The lowest BCUT2D eigenvalue weighted by Crippen LogP contribution is -2.61. The molecule has 2 atom stereocenters. The molecule has 2 aliphatic heterocycles. The van der Waals surface area contributed by atoms with Gasteiger partial charge >= 0.3 is 18.2 Å². The Kier molecular flexibility index (Phi) is 6.24. The molecule has 0 aromatic heterocycles. The maximum absolute atomic E-state index is 12.7. The summed E-state index contributed by atoms with van der Waals surface area (Å²) in [5.41, 5.74) is -0.713. The van der Waals surface area contributed by atoms with E-state index in [1.165, 1.54) is 0 Å². The summed E-state index contributed by atoms with van der Waals surface area (Å²) in [6.45, 7) is 5.55. The lowest BCUT2D eigenvalue weighted by Gasteiger charge is -2.46. The minimum Gasteiger partial charge on any atom is -0.481 e. The summed E-state index contributed by atoms with van der Waals surface area (Å²) in [6.07, 6.45) is 0.974. The number of hydrogen-bond donors (Lipinski definition) is 2. The highest BCUT2D eigenvalue weighted by molar-refractivity contribution is 5.74. The quantitative estimate of drug-likeness (QED) is 0.756. The van der Waals surface area contributed by atoms with Gasteiger partial charge in [-0.3, -0.25) is 4.79 Å². The van der Waals surface area contributed by atoms with Gasteiger partial charge in [-0.05, 0) is 52.0 Å². The zero-order valence-corrected chi connectivity index (χ0v) is 17.7. The lowest BCUT2D eigenvalue weighted by molar-refractivity contribution is -0.139. The highest BCUT2D eigenvalue weighted by Crippen LogP contribution is 2.43. The summed E-state index contributed by atoms with van der Waals surface area (Å²) >= 11 is 0. The fourth-order valence-corrected chi connectivity index (χ4v) is 4.52. The van der Waals surface area contributed by atoms with E-state index in [0.717, 1.165) is 18.4 Å². The normalized spacial score (nSPS) is 25.5. The van der Waals surface area contributed by atoms with Crippen molar-refractivity contribution in [3.05, 3.63) is 35.9 Å². The molecule has 164 valence electrons. The Morgan fingerprint density at radius 1 is 1.13 bits per heavy atom. The van der Waals surface area contributed by atoms with Crippen LogP contribution in [-0.4, -0.2) is 51.4 Å². The third-order valence-corrected chi connectivity index (χ3v) is 5.55. The molecule has 3 rings (SSSR count). The van der Waals surface area contributed by atoms with Crippen molar-refractivity contribution in [2.45, 2.75) is 82.7 Å². The predicted molar refractivity (Wildman–Crippen MR) is 109 cm³/mol. The van der Waals surface area contributed by atoms with Gasteiger partial charge in [0, 0.05) is 12.1 Å². The van der Waals surface area contributed by atoms with E-state index < -0.39 is 23.2 Å². The molecule has 8 heteroatoms. The number of carboxylic acid groups (broad SMARTS) is 1. The Morgan fingerprint density at radius 3 is 2.27 bits per heavy atom. The summed E-state index contributed by atoms with van der Waals surface area (Å²) < 4.78 is 10.9. The van der Waals surface area contributed by atoms with Crippen LogP contribution < -0.4 is 5.32 Å². The van der Waals surface area contributed by atoms with Crippen LogP contribution in [0.4, 0.5) is 9.59 Å². The van der Waals surface area contributed by atoms with Crippen molar-refractivity contribution in [2.24, 2.45) is 0 Å². The van der Waals surface area contributed by atoms with E-state index in [1.54, 1.807) is 4.90 Å². The molecule has 2 fully saturated rings. The topological polar surface area (TPSA) is 105 Å². The molecule has 30 heavy (non-hydrogen) atoms. The van der Waals surface area contributed by atoms with Crippen LogP contribution in [0.25, 0.3) is 0 Å². The van der Waals surface area contributed by atoms with Gasteiger partial charge < -0.3 is 24.8 Å². The highest BCUT2D eigenvalue weighted by atomic mass is 16.6. The van der Waals surface area contributed by atoms with Gasteiger partial charge in [-0.2, -0.15) is 0 Å². The average Bonchev–Trinajstić information content (AvgIpc) is 2.91. The van der Waals surface area contributed by atoms with E-state index in [4.69, 9.17) is 9.47 Å². The first-order chi connectivity index (χ1) is 14.1. The number of carbonyl (C=O) groups excluding carboxylic acids is 2. The van der Waals surface area contributed by atoms with Gasteiger partial charge in [0.1, 0.15) is 12.2 Å². The second-order valence-corrected chi connectivity index (χ2v) is 9.22. The Balaban J connectivity index is 1.68. The summed E-state index contributed by atoms with van der Waals surface area (Å²) in [4.78, 5) is 38.4. The number of carbonyl (C=O) groups is 3. The number of benzene rings is 1. The van der Waals surface area contributed by atoms with Gasteiger partial charge in [0.2, 0.25) is 0 Å². The number of fused-ring (bicyclic) bond motifs is 2. The molecule has 0 spiro atoms. The summed E-state index contributed by atoms with van der Waals surface area (Å²) in [5, 5.41) is 12.3. The van der Waals surface area contributed by atoms with Crippen molar-refractivity contribution < 1.29 is 29.0 Å². The van der Waals surface area contributed by atoms with Crippen LogP contribution in [0.5, 0.6) is 0 Å². The van der Waals surface area contributed by atoms with Gasteiger partial charge in [-0.15, -0.1) is 0 Å². The fourth-order valence-electron chi connectivity index (χ4n) is 4.52. The Hall–Kier alpha value is -2.77. The number of nitrogens with one attached hydrogen (secondary N) is 1. The van der Waals surface area contributed by atoms with Crippen LogP contribution in [0.15, 0.2) is 30.3 Å². The number of rotatable bonds is 5. The molecule has 2 amide bonds. The number of amides is 2. The van der Waals surface area contributed by atoms with Crippen molar-refractivity contribution in [1.29, 1.82) is 0 Å². The van der Waals surface area contributed by atoms with Crippen LogP contribution in [0.3, 0.4) is 0 Å². The molecule has 0 saturated carbocycles. The first-order valence-corrected chi connectivity index (χ1v) is 10.3. The SMILES string of the molecule is CC(C)(C)OC(=O)N1C2CCC1CC(CC(=O)O)(NC(=O)OCc1ccccc1)C2. The molecule has 0 radical (unpaired) electrons. The van der Waals surface area contributed by atoms with E-state index in [-0.39, 0.29) is 31.2 Å². The fraction of sp³-hybridized carbons (Fsp3) is 0.591. The average molecular weight is 418 g/mol. The lowest BCUT2D eigenvalue weighted by atomic mass is 9.80. The Bertz CT molecular complexity index is 775. The third-order valence-electron chi connectivity index (χ3n) is 5.55. The maximum Gasteiger partial charge on any atom is 0.410 e. The van der Waals surface area contributed by atoms with Gasteiger partial charge in [0.15, 0.2) is 0 Å². The van der Waals surface area contributed by atoms with Crippen LogP contribution in [0.1, 0.15) is 58.4 Å². The maximum atomic E-state index is 12.7. The van der Waals surface area contributed by atoms with Crippen molar-refractivity contribution in [1.82, 2.24) is 10.2 Å². The second-order valence-electron chi connectivity index (χ2n) is 9.22.